The molecule has 2 rings (SSSR count). The Bertz CT molecular complexity index is 543. The molecule has 2 unspecified atom stereocenters. The van der Waals surface area contributed by atoms with E-state index in [2.05, 4.69) is 15.4 Å². The van der Waals surface area contributed by atoms with Crippen molar-refractivity contribution < 1.29 is 27.8 Å². The lowest BCUT2D eigenvalue weighted by Gasteiger charge is -2.14. The van der Waals surface area contributed by atoms with Crippen molar-refractivity contribution in [3.8, 4) is 5.75 Å². The van der Waals surface area contributed by atoms with E-state index in [1.54, 1.807) is 0 Å². The van der Waals surface area contributed by atoms with E-state index in [0.29, 0.717) is 13.0 Å². The smallest absolute Gasteiger partial charge is 0.387 e. The number of aliphatic hydroxyl groups excluding tert-OH is 1. The van der Waals surface area contributed by atoms with Crippen LogP contribution < -0.4 is 15.4 Å². The summed E-state index contributed by atoms with van der Waals surface area (Å²) in [5.41, 5.74) is -0.140. The number of hydrogen-bond donors (Lipinski definition) is 3. The molecular formula is C15H19F3N2O3. The molecule has 0 aliphatic heterocycles. The highest BCUT2D eigenvalue weighted by molar-refractivity contribution is 5.73. The second kappa shape index (κ2) is 8.05. The van der Waals surface area contributed by atoms with Crippen LogP contribution in [0.1, 0.15) is 24.8 Å². The maximum atomic E-state index is 13.7. The van der Waals surface area contributed by atoms with Gasteiger partial charge in [0.2, 0.25) is 0 Å². The van der Waals surface area contributed by atoms with Crippen molar-refractivity contribution in [1.29, 1.82) is 0 Å². The van der Waals surface area contributed by atoms with Crippen LogP contribution in [0, 0.1) is 11.7 Å². The topological polar surface area (TPSA) is 70.6 Å². The van der Waals surface area contributed by atoms with E-state index in [4.69, 9.17) is 0 Å². The van der Waals surface area contributed by atoms with Gasteiger partial charge in [0.15, 0.2) is 0 Å². The summed E-state index contributed by atoms with van der Waals surface area (Å²) in [4.78, 5) is 11.7. The number of urea groups is 1. The number of amides is 2. The van der Waals surface area contributed by atoms with Crippen molar-refractivity contribution in [2.75, 3.05) is 6.54 Å². The van der Waals surface area contributed by atoms with Crippen molar-refractivity contribution in [2.45, 2.75) is 38.5 Å². The molecule has 128 valence electrons. The Kier molecular flexibility index (Phi) is 6.09. The Morgan fingerprint density at radius 1 is 1.35 bits per heavy atom. The first-order valence-electron chi connectivity index (χ1n) is 7.37. The molecule has 2 amide bonds. The number of benzene rings is 1. The van der Waals surface area contributed by atoms with Gasteiger partial charge in [-0.1, -0.05) is 6.07 Å². The molecule has 0 bridgehead atoms. The average Bonchev–Trinajstić information content (AvgIpc) is 2.89. The van der Waals surface area contributed by atoms with E-state index in [0.717, 1.165) is 18.9 Å². The molecule has 0 radical (unpaired) electrons. The number of aliphatic hydroxyl groups is 1. The number of rotatable bonds is 6. The summed E-state index contributed by atoms with van der Waals surface area (Å²) in [6, 6.07) is 3.04. The third kappa shape index (κ3) is 5.31. The molecule has 0 heterocycles. The quantitative estimate of drug-likeness (QED) is 0.749. The second-order valence-corrected chi connectivity index (χ2v) is 5.49. The van der Waals surface area contributed by atoms with Crippen molar-refractivity contribution in [3.63, 3.8) is 0 Å². The summed E-state index contributed by atoms with van der Waals surface area (Å²) >= 11 is 0. The summed E-state index contributed by atoms with van der Waals surface area (Å²) in [5, 5.41) is 14.4. The lowest BCUT2D eigenvalue weighted by molar-refractivity contribution is -0.0506. The summed E-state index contributed by atoms with van der Waals surface area (Å²) in [7, 11) is 0. The van der Waals surface area contributed by atoms with E-state index in [1.807, 2.05) is 0 Å². The first-order valence-corrected chi connectivity index (χ1v) is 7.37. The van der Waals surface area contributed by atoms with Gasteiger partial charge in [-0.15, -0.1) is 0 Å². The molecular weight excluding hydrogens is 313 g/mol. The third-order valence-corrected chi connectivity index (χ3v) is 3.78. The SMILES string of the molecule is O=C(NCc1c(F)cccc1OC(F)F)NCC1CCC(O)C1. The van der Waals surface area contributed by atoms with Gasteiger partial charge in [0.25, 0.3) is 0 Å². The molecule has 0 saturated heterocycles. The predicted octanol–water partition coefficient (Wildman–Crippen LogP) is 2.39. The highest BCUT2D eigenvalue weighted by Gasteiger charge is 2.23. The van der Waals surface area contributed by atoms with Crippen LogP contribution in [0.4, 0.5) is 18.0 Å². The number of ether oxygens (including phenoxy) is 1. The monoisotopic (exact) mass is 332 g/mol. The normalized spacial score (nSPS) is 20.6. The minimum atomic E-state index is -3.07. The summed E-state index contributed by atoms with van der Waals surface area (Å²) in [6.07, 6.45) is 1.87. The maximum Gasteiger partial charge on any atom is 0.387 e. The molecule has 2 atom stereocenters. The van der Waals surface area contributed by atoms with Crippen LogP contribution in [0.3, 0.4) is 0 Å². The lowest BCUT2D eigenvalue weighted by atomic mass is 10.1. The van der Waals surface area contributed by atoms with Gasteiger partial charge in [-0.05, 0) is 37.3 Å². The Morgan fingerprint density at radius 3 is 2.78 bits per heavy atom. The zero-order valence-corrected chi connectivity index (χ0v) is 12.4. The predicted molar refractivity (Wildman–Crippen MR) is 76.6 cm³/mol. The van der Waals surface area contributed by atoms with E-state index in [-0.39, 0.29) is 29.9 Å². The molecule has 1 aromatic carbocycles. The second-order valence-electron chi connectivity index (χ2n) is 5.49. The summed E-state index contributed by atoms with van der Waals surface area (Å²) in [5.74, 6) is -0.830. The van der Waals surface area contributed by atoms with Crippen LogP contribution in [0.5, 0.6) is 5.75 Å². The van der Waals surface area contributed by atoms with Crippen LogP contribution >= 0.6 is 0 Å². The minimum absolute atomic E-state index is 0.140. The van der Waals surface area contributed by atoms with Gasteiger partial charge in [0.1, 0.15) is 11.6 Å². The van der Waals surface area contributed by atoms with Gasteiger partial charge in [-0.3, -0.25) is 0 Å². The number of carbonyl (C=O) groups is 1. The molecule has 1 saturated carbocycles. The van der Waals surface area contributed by atoms with Crippen LogP contribution in [0.25, 0.3) is 0 Å². The first kappa shape index (κ1) is 17.4. The molecule has 1 aliphatic carbocycles. The van der Waals surface area contributed by atoms with E-state index < -0.39 is 18.5 Å². The highest BCUT2D eigenvalue weighted by Crippen LogP contribution is 2.25. The van der Waals surface area contributed by atoms with Crippen molar-refractivity contribution in [3.05, 3.63) is 29.6 Å². The van der Waals surface area contributed by atoms with E-state index in [9.17, 15) is 23.1 Å². The standard InChI is InChI=1S/C15H19F3N2O3/c16-12-2-1-3-13(23-14(17)18)11(12)8-20-15(22)19-7-9-4-5-10(21)6-9/h1-3,9-10,14,21H,4-8H2,(H2,19,20,22). The van der Waals surface area contributed by atoms with Gasteiger partial charge < -0.3 is 20.5 Å². The molecule has 1 fully saturated rings. The highest BCUT2D eigenvalue weighted by atomic mass is 19.3. The number of carbonyl (C=O) groups excluding carboxylic acids is 1. The molecule has 8 heteroatoms. The first-order chi connectivity index (χ1) is 11.0. The summed E-state index contributed by atoms with van der Waals surface area (Å²) in [6.45, 7) is -2.94. The van der Waals surface area contributed by atoms with Crippen LogP contribution in [-0.4, -0.2) is 30.4 Å². The van der Waals surface area contributed by atoms with E-state index >= 15 is 0 Å². The zero-order valence-electron chi connectivity index (χ0n) is 12.4. The Labute approximate surface area is 131 Å². The molecule has 0 aromatic heterocycles. The van der Waals surface area contributed by atoms with Gasteiger partial charge in [-0.2, -0.15) is 8.78 Å². The van der Waals surface area contributed by atoms with Gasteiger partial charge in [-0.25, -0.2) is 9.18 Å². The van der Waals surface area contributed by atoms with Crippen LogP contribution in [0.2, 0.25) is 0 Å². The molecule has 0 spiro atoms. The van der Waals surface area contributed by atoms with Crippen LogP contribution in [0.15, 0.2) is 18.2 Å². The zero-order chi connectivity index (χ0) is 16.8. The largest absolute Gasteiger partial charge is 0.434 e. The molecule has 1 aromatic rings. The number of halogens is 3. The summed E-state index contributed by atoms with van der Waals surface area (Å²) < 4.78 is 42.5. The molecule has 1 aliphatic rings. The number of nitrogens with one attached hydrogen (secondary N) is 2. The minimum Gasteiger partial charge on any atom is -0.434 e. The van der Waals surface area contributed by atoms with Crippen molar-refractivity contribution in [1.82, 2.24) is 10.6 Å². The fourth-order valence-electron chi connectivity index (χ4n) is 2.62. The number of alkyl halides is 2. The van der Waals surface area contributed by atoms with Gasteiger partial charge >= 0.3 is 12.6 Å². The number of hydrogen-bond acceptors (Lipinski definition) is 3. The molecule has 23 heavy (non-hydrogen) atoms. The van der Waals surface area contributed by atoms with Gasteiger partial charge in [0.05, 0.1) is 12.6 Å². The Hall–Kier alpha value is -1.96. The van der Waals surface area contributed by atoms with Crippen LogP contribution in [-0.2, 0) is 6.54 Å². The van der Waals surface area contributed by atoms with Crippen molar-refractivity contribution in [2.24, 2.45) is 5.92 Å². The Balaban J connectivity index is 1.84. The maximum absolute atomic E-state index is 13.7. The van der Waals surface area contributed by atoms with E-state index in [1.165, 1.54) is 12.1 Å². The molecule has 5 nitrogen and oxygen atoms in total. The Morgan fingerprint density at radius 2 is 2.13 bits per heavy atom. The average molecular weight is 332 g/mol. The van der Waals surface area contributed by atoms with Crippen molar-refractivity contribution >= 4 is 6.03 Å². The molecule has 3 N–H and O–H groups in total. The fourth-order valence-corrected chi connectivity index (χ4v) is 2.62. The third-order valence-electron chi connectivity index (χ3n) is 3.78. The lowest BCUT2D eigenvalue weighted by Crippen LogP contribution is -2.37. The fraction of sp³-hybridized carbons (Fsp3) is 0.533. The van der Waals surface area contributed by atoms with Gasteiger partial charge in [0, 0.05) is 12.1 Å².